The molecule has 6 nitrogen and oxygen atoms in total. The van der Waals surface area contributed by atoms with Gasteiger partial charge in [-0.2, -0.15) is 0 Å². The molecule has 0 aromatic heterocycles. The molecule has 1 fully saturated rings. The summed E-state index contributed by atoms with van der Waals surface area (Å²) in [6.07, 6.45) is 0.799. The summed E-state index contributed by atoms with van der Waals surface area (Å²) in [7, 11) is 0. The lowest BCUT2D eigenvalue weighted by Gasteiger charge is -2.24. The number of carbonyl (C=O) groups excluding carboxylic acids is 2. The first-order chi connectivity index (χ1) is 9.47. The standard InChI is InChI=1S/C14H26N4O2/c1-5-15-13(19)18-8-7-12(10-18)16-14(20)17(6-2)9-11(3)4/h12H,3,5-10H2,1-2,4H3,(H,15,19)(H,16,20). The van der Waals surface area contributed by atoms with Gasteiger partial charge in [-0.25, -0.2) is 9.59 Å². The van der Waals surface area contributed by atoms with Crippen LogP contribution in [0.5, 0.6) is 0 Å². The molecule has 1 saturated heterocycles. The van der Waals surface area contributed by atoms with Crippen molar-refractivity contribution in [1.29, 1.82) is 0 Å². The molecule has 0 aliphatic carbocycles. The molecular weight excluding hydrogens is 256 g/mol. The minimum absolute atomic E-state index is 0.0317. The number of hydrogen-bond acceptors (Lipinski definition) is 2. The van der Waals surface area contributed by atoms with Crippen LogP contribution in [0.4, 0.5) is 9.59 Å². The Kier molecular flexibility index (Phi) is 6.35. The van der Waals surface area contributed by atoms with Gasteiger partial charge < -0.3 is 20.4 Å². The van der Waals surface area contributed by atoms with E-state index in [-0.39, 0.29) is 18.1 Å². The summed E-state index contributed by atoms with van der Waals surface area (Å²) in [5.74, 6) is 0. The molecule has 1 unspecified atom stereocenters. The number of hydrogen-bond donors (Lipinski definition) is 2. The van der Waals surface area contributed by atoms with Gasteiger partial charge in [-0.1, -0.05) is 12.2 Å². The van der Waals surface area contributed by atoms with Gasteiger partial charge in [-0.05, 0) is 27.2 Å². The summed E-state index contributed by atoms with van der Waals surface area (Å²) in [4.78, 5) is 27.3. The van der Waals surface area contributed by atoms with Gasteiger partial charge in [0.25, 0.3) is 0 Å². The third-order valence-electron chi connectivity index (χ3n) is 3.26. The SMILES string of the molecule is C=C(C)CN(CC)C(=O)NC1CCN(C(=O)NCC)C1. The quantitative estimate of drug-likeness (QED) is 0.749. The molecule has 1 rings (SSSR count). The summed E-state index contributed by atoms with van der Waals surface area (Å²) < 4.78 is 0. The van der Waals surface area contributed by atoms with Gasteiger partial charge in [0.1, 0.15) is 0 Å². The molecule has 1 heterocycles. The molecule has 114 valence electrons. The predicted octanol–water partition coefficient (Wildman–Crippen LogP) is 1.40. The number of nitrogens with one attached hydrogen (secondary N) is 2. The van der Waals surface area contributed by atoms with Gasteiger partial charge in [0, 0.05) is 38.8 Å². The fourth-order valence-corrected chi connectivity index (χ4v) is 2.24. The van der Waals surface area contributed by atoms with Crippen molar-refractivity contribution < 1.29 is 9.59 Å². The Morgan fingerprint density at radius 1 is 1.40 bits per heavy atom. The number of likely N-dealkylation sites (tertiary alicyclic amines) is 1. The summed E-state index contributed by atoms with van der Waals surface area (Å²) >= 11 is 0. The Balaban J connectivity index is 2.43. The lowest BCUT2D eigenvalue weighted by atomic mass is 10.2. The van der Waals surface area contributed by atoms with E-state index in [4.69, 9.17) is 0 Å². The topological polar surface area (TPSA) is 64.7 Å². The molecule has 4 amide bonds. The molecule has 0 spiro atoms. The van der Waals surface area contributed by atoms with Crippen LogP contribution in [0.1, 0.15) is 27.2 Å². The van der Waals surface area contributed by atoms with Crippen molar-refractivity contribution in [3.05, 3.63) is 12.2 Å². The molecule has 0 aromatic rings. The summed E-state index contributed by atoms with van der Waals surface area (Å²) in [6.45, 7) is 12.7. The Morgan fingerprint density at radius 3 is 2.65 bits per heavy atom. The third kappa shape index (κ3) is 4.75. The van der Waals surface area contributed by atoms with Gasteiger partial charge in [0.2, 0.25) is 0 Å². The molecule has 1 atom stereocenters. The smallest absolute Gasteiger partial charge is 0.317 e. The van der Waals surface area contributed by atoms with Gasteiger partial charge in [0.15, 0.2) is 0 Å². The number of likely N-dealkylation sites (N-methyl/N-ethyl adjacent to an activating group) is 1. The summed E-state index contributed by atoms with van der Waals surface area (Å²) in [5.41, 5.74) is 0.956. The average Bonchev–Trinajstić information content (AvgIpc) is 2.84. The molecule has 0 bridgehead atoms. The average molecular weight is 282 g/mol. The monoisotopic (exact) mass is 282 g/mol. The zero-order valence-electron chi connectivity index (χ0n) is 12.7. The van der Waals surface area contributed by atoms with E-state index >= 15 is 0 Å². The second-order valence-electron chi connectivity index (χ2n) is 5.19. The summed E-state index contributed by atoms with van der Waals surface area (Å²) in [6, 6.07) is -0.110. The number of nitrogens with zero attached hydrogens (tertiary/aromatic N) is 2. The Hall–Kier alpha value is -1.72. The fraction of sp³-hybridized carbons (Fsp3) is 0.714. The molecule has 0 aromatic carbocycles. The number of carbonyl (C=O) groups is 2. The molecule has 0 radical (unpaired) electrons. The van der Waals surface area contributed by atoms with Gasteiger partial charge in [-0.3, -0.25) is 0 Å². The van der Waals surface area contributed by atoms with E-state index in [9.17, 15) is 9.59 Å². The van der Waals surface area contributed by atoms with Gasteiger partial charge in [-0.15, -0.1) is 0 Å². The van der Waals surface area contributed by atoms with E-state index in [0.717, 1.165) is 12.0 Å². The Bertz CT molecular complexity index is 370. The fourth-order valence-electron chi connectivity index (χ4n) is 2.24. The number of amides is 4. The second kappa shape index (κ2) is 7.77. The molecule has 6 heteroatoms. The van der Waals surface area contributed by atoms with Gasteiger partial charge in [0.05, 0.1) is 0 Å². The third-order valence-corrected chi connectivity index (χ3v) is 3.26. The van der Waals surface area contributed by atoms with Crippen LogP contribution in [0.15, 0.2) is 12.2 Å². The highest BCUT2D eigenvalue weighted by atomic mass is 16.2. The van der Waals surface area contributed by atoms with Crippen LogP contribution >= 0.6 is 0 Å². The van der Waals surface area contributed by atoms with Crippen molar-refractivity contribution >= 4 is 12.1 Å². The zero-order chi connectivity index (χ0) is 15.1. The van der Waals surface area contributed by atoms with Crippen LogP contribution < -0.4 is 10.6 Å². The molecule has 20 heavy (non-hydrogen) atoms. The lowest BCUT2D eigenvalue weighted by molar-refractivity contribution is 0.197. The highest BCUT2D eigenvalue weighted by molar-refractivity contribution is 5.76. The van der Waals surface area contributed by atoms with Crippen LogP contribution in [0.2, 0.25) is 0 Å². The van der Waals surface area contributed by atoms with Crippen molar-refractivity contribution in [3.63, 3.8) is 0 Å². The van der Waals surface area contributed by atoms with E-state index in [1.54, 1.807) is 9.80 Å². The van der Waals surface area contributed by atoms with Crippen molar-refractivity contribution in [2.75, 3.05) is 32.7 Å². The van der Waals surface area contributed by atoms with Crippen LogP contribution in [-0.4, -0.2) is 60.6 Å². The Morgan fingerprint density at radius 2 is 2.10 bits per heavy atom. The lowest BCUT2D eigenvalue weighted by Crippen LogP contribution is -2.47. The van der Waals surface area contributed by atoms with E-state index in [1.165, 1.54) is 0 Å². The predicted molar refractivity (Wildman–Crippen MR) is 79.6 cm³/mol. The second-order valence-corrected chi connectivity index (χ2v) is 5.19. The zero-order valence-corrected chi connectivity index (χ0v) is 12.7. The molecule has 1 aliphatic heterocycles. The first kappa shape index (κ1) is 16.3. The van der Waals surface area contributed by atoms with E-state index in [0.29, 0.717) is 32.7 Å². The minimum atomic E-state index is -0.0850. The largest absolute Gasteiger partial charge is 0.338 e. The van der Waals surface area contributed by atoms with E-state index in [2.05, 4.69) is 17.2 Å². The highest BCUT2D eigenvalue weighted by Gasteiger charge is 2.27. The number of rotatable bonds is 5. The maximum absolute atomic E-state index is 12.1. The first-order valence-corrected chi connectivity index (χ1v) is 7.20. The highest BCUT2D eigenvalue weighted by Crippen LogP contribution is 2.10. The minimum Gasteiger partial charge on any atom is -0.338 e. The normalized spacial score (nSPS) is 17.8. The Labute approximate surface area is 121 Å². The van der Waals surface area contributed by atoms with Crippen LogP contribution in [0.25, 0.3) is 0 Å². The maximum atomic E-state index is 12.1. The van der Waals surface area contributed by atoms with E-state index in [1.807, 2.05) is 20.8 Å². The number of urea groups is 2. The van der Waals surface area contributed by atoms with Crippen LogP contribution in [0.3, 0.4) is 0 Å². The van der Waals surface area contributed by atoms with Crippen molar-refractivity contribution in [2.24, 2.45) is 0 Å². The maximum Gasteiger partial charge on any atom is 0.317 e. The van der Waals surface area contributed by atoms with Crippen LogP contribution in [0, 0.1) is 0 Å². The summed E-state index contributed by atoms with van der Waals surface area (Å²) in [5, 5.41) is 5.76. The molecular formula is C14H26N4O2. The van der Waals surface area contributed by atoms with Crippen LogP contribution in [-0.2, 0) is 0 Å². The molecule has 2 N–H and O–H groups in total. The van der Waals surface area contributed by atoms with Crippen molar-refractivity contribution in [3.8, 4) is 0 Å². The molecule has 1 aliphatic rings. The van der Waals surface area contributed by atoms with Crippen molar-refractivity contribution in [1.82, 2.24) is 20.4 Å². The molecule has 0 saturated carbocycles. The van der Waals surface area contributed by atoms with Crippen molar-refractivity contribution in [2.45, 2.75) is 33.2 Å². The van der Waals surface area contributed by atoms with E-state index < -0.39 is 0 Å². The van der Waals surface area contributed by atoms with Gasteiger partial charge >= 0.3 is 12.1 Å². The first-order valence-electron chi connectivity index (χ1n) is 7.20.